The third-order valence-corrected chi connectivity index (χ3v) is 5.48. The number of aromatic nitrogens is 1. The van der Waals surface area contributed by atoms with E-state index < -0.39 is 6.04 Å². The van der Waals surface area contributed by atoms with Gasteiger partial charge in [-0.25, -0.2) is 0 Å². The first kappa shape index (κ1) is 17.0. The van der Waals surface area contributed by atoms with E-state index in [1.165, 1.54) is 25.7 Å². The Morgan fingerprint density at radius 2 is 2.04 bits per heavy atom. The summed E-state index contributed by atoms with van der Waals surface area (Å²) in [6.07, 6.45) is 7.41. The minimum absolute atomic E-state index is 0.0369. The molecule has 130 valence electrons. The standard InChI is InChI=1S/C20H29N3O/c1-20(2)9-7-14(8-10-20)12-23-19(24)17(21)11-15-13-22-18-6-4-3-5-16(15)18/h3-6,13-14,17,22H,7-12,21H2,1-2H3,(H,23,24)/t17-/m0/s1. The molecule has 4 heteroatoms. The van der Waals surface area contributed by atoms with Crippen LogP contribution < -0.4 is 11.1 Å². The normalized spacial score (nSPS) is 19.3. The molecule has 3 rings (SSSR count). The van der Waals surface area contributed by atoms with Crippen molar-refractivity contribution < 1.29 is 4.79 Å². The maximum absolute atomic E-state index is 12.3. The molecule has 0 spiro atoms. The van der Waals surface area contributed by atoms with Gasteiger partial charge in [0, 0.05) is 23.6 Å². The number of benzene rings is 1. The van der Waals surface area contributed by atoms with Crippen LogP contribution in [0.25, 0.3) is 10.9 Å². The number of rotatable bonds is 5. The lowest BCUT2D eigenvalue weighted by molar-refractivity contribution is -0.122. The van der Waals surface area contributed by atoms with E-state index in [0.29, 0.717) is 17.8 Å². The van der Waals surface area contributed by atoms with E-state index in [1.54, 1.807) is 0 Å². The molecule has 1 amide bonds. The summed E-state index contributed by atoms with van der Waals surface area (Å²) < 4.78 is 0. The molecular weight excluding hydrogens is 298 g/mol. The molecule has 1 aliphatic carbocycles. The number of hydrogen-bond donors (Lipinski definition) is 3. The highest BCUT2D eigenvalue weighted by Gasteiger charge is 2.27. The number of hydrogen-bond acceptors (Lipinski definition) is 2. The van der Waals surface area contributed by atoms with Gasteiger partial charge in [-0.15, -0.1) is 0 Å². The highest BCUT2D eigenvalue weighted by atomic mass is 16.2. The Hall–Kier alpha value is -1.81. The lowest BCUT2D eigenvalue weighted by Gasteiger charge is -2.34. The Labute approximate surface area is 144 Å². The van der Waals surface area contributed by atoms with Gasteiger partial charge in [-0.2, -0.15) is 0 Å². The summed E-state index contributed by atoms with van der Waals surface area (Å²) in [5, 5.41) is 4.21. The van der Waals surface area contributed by atoms with E-state index in [1.807, 2.05) is 24.4 Å². The molecule has 0 unspecified atom stereocenters. The predicted molar refractivity (Wildman–Crippen MR) is 98.7 cm³/mol. The molecular formula is C20H29N3O. The number of H-pyrrole nitrogens is 1. The lowest BCUT2D eigenvalue weighted by Crippen LogP contribution is -2.44. The molecule has 2 aromatic rings. The van der Waals surface area contributed by atoms with Gasteiger partial charge in [0.25, 0.3) is 0 Å². The van der Waals surface area contributed by atoms with Gasteiger partial charge in [0.15, 0.2) is 0 Å². The second-order valence-corrected chi connectivity index (χ2v) is 8.02. The fourth-order valence-electron chi connectivity index (χ4n) is 3.67. The van der Waals surface area contributed by atoms with Crippen LogP contribution in [0.15, 0.2) is 30.5 Å². The van der Waals surface area contributed by atoms with Crippen molar-refractivity contribution in [3.8, 4) is 0 Å². The third-order valence-electron chi connectivity index (χ3n) is 5.48. The van der Waals surface area contributed by atoms with Crippen LogP contribution in [0.2, 0.25) is 0 Å². The van der Waals surface area contributed by atoms with Crippen LogP contribution in [0, 0.1) is 11.3 Å². The van der Waals surface area contributed by atoms with Gasteiger partial charge in [-0.3, -0.25) is 4.79 Å². The van der Waals surface area contributed by atoms with Crippen molar-refractivity contribution in [2.75, 3.05) is 6.54 Å². The summed E-state index contributed by atoms with van der Waals surface area (Å²) in [5.74, 6) is 0.562. The highest BCUT2D eigenvalue weighted by molar-refractivity contribution is 5.86. The Bertz CT molecular complexity index is 694. The minimum atomic E-state index is -0.496. The maximum Gasteiger partial charge on any atom is 0.237 e. The number of amides is 1. The van der Waals surface area contributed by atoms with Gasteiger partial charge in [0.05, 0.1) is 6.04 Å². The van der Waals surface area contributed by atoms with E-state index in [4.69, 9.17) is 5.73 Å². The van der Waals surface area contributed by atoms with Crippen molar-refractivity contribution >= 4 is 16.8 Å². The minimum Gasteiger partial charge on any atom is -0.361 e. The van der Waals surface area contributed by atoms with E-state index in [2.05, 4.69) is 30.2 Å². The fourth-order valence-corrected chi connectivity index (χ4v) is 3.67. The number of nitrogens with two attached hydrogens (primary N) is 1. The van der Waals surface area contributed by atoms with Gasteiger partial charge < -0.3 is 16.0 Å². The van der Waals surface area contributed by atoms with Crippen molar-refractivity contribution in [2.24, 2.45) is 17.1 Å². The van der Waals surface area contributed by atoms with Crippen LogP contribution in [0.5, 0.6) is 0 Å². The van der Waals surface area contributed by atoms with Crippen LogP contribution in [0.1, 0.15) is 45.1 Å². The molecule has 24 heavy (non-hydrogen) atoms. The zero-order valence-corrected chi connectivity index (χ0v) is 14.8. The largest absolute Gasteiger partial charge is 0.361 e. The summed E-state index contributed by atoms with van der Waals surface area (Å²) in [6, 6.07) is 7.62. The van der Waals surface area contributed by atoms with Gasteiger partial charge >= 0.3 is 0 Å². The molecule has 1 aliphatic rings. The van der Waals surface area contributed by atoms with Crippen molar-refractivity contribution in [1.29, 1.82) is 0 Å². The van der Waals surface area contributed by atoms with Crippen LogP contribution >= 0.6 is 0 Å². The fraction of sp³-hybridized carbons (Fsp3) is 0.550. The summed E-state index contributed by atoms with van der Waals surface area (Å²) in [7, 11) is 0. The smallest absolute Gasteiger partial charge is 0.237 e. The third kappa shape index (κ3) is 3.99. The number of carbonyl (C=O) groups is 1. The first-order chi connectivity index (χ1) is 11.4. The van der Waals surface area contributed by atoms with Gasteiger partial charge in [0.1, 0.15) is 0 Å². The number of carbonyl (C=O) groups excluding carboxylic acids is 1. The Kier molecular flexibility index (Phi) is 4.95. The summed E-state index contributed by atoms with van der Waals surface area (Å²) in [5.41, 5.74) is 8.79. The van der Waals surface area contributed by atoms with E-state index in [0.717, 1.165) is 23.0 Å². The Morgan fingerprint density at radius 1 is 1.33 bits per heavy atom. The maximum atomic E-state index is 12.3. The molecule has 1 aromatic carbocycles. The summed E-state index contributed by atoms with van der Waals surface area (Å²) >= 11 is 0. The summed E-state index contributed by atoms with van der Waals surface area (Å²) in [4.78, 5) is 15.6. The molecule has 0 aliphatic heterocycles. The molecule has 1 aromatic heterocycles. The molecule has 4 nitrogen and oxygen atoms in total. The van der Waals surface area contributed by atoms with E-state index in [9.17, 15) is 4.79 Å². The first-order valence-electron chi connectivity index (χ1n) is 9.03. The number of nitrogens with one attached hydrogen (secondary N) is 2. The zero-order valence-electron chi connectivity index (χ0n) is 14.8. The van der Waals surface area contributed by atoms with Crippen molar-refractivity contribution in [3.63, 3.8) is 0 Å². The number of aromatic amines is 1. The molecule has 1 saturated carbocycles. The highest BCUT2D eigenvalue weighted by Crippen LogP contribution is 2.37. The Balaban J connectivity index is 1.50. The predicted octanol–water partition coefficient (Wildman–Crippen LogP) is 3.37. The van der Waals surface area contributed by atoms with Crippen molar-refractivity contribution in [1.82, 2.24) is 10.3 Å². The molecule has 1 fully saturated rings. The van der Waals surface area contributed by atoms with Crippen LogP contribution in [0.3, 0.4) is 0 Å². The number of fused-ring (bicyclic) bond motifs is 1. The van der Waals surface area contributed by atoms with Gasteiger partial charge in [0.2, 0.25) is 5.91 Å². The second-order valence-electron chi connectivity index (χ2n) is 8.02. The quantitative estimate of drug-likeness (QED) is 0.788. The van der Waals surface area contributed by atoms with Crippen LogP contribution in [-0.2, 0) is 11.2 Å². The van der Waals surface area contributed by atoms with Gasteiger partial charge in [-0.05, 0) is 55.1 Å². The van der Waals surface area contributed by atoms with Gasteiger partial charge in [-0.1, -0.05) is 32.0 Å². The van der Waals surface area contributed by atoms with Crippen LogP contribution in [0.4, 0.5) is 0 Å². The molecule has 4 N–H and O–H groups in total. The molecule has 0 bridgehead atoms. The van der Waals surface area contributed by atoms with E-state index in [-0.39, 0.29) is 5.91 Å². The van der Waals surface area contributed by atoms with Crippen molar-refractivity contribution in [3.05, 3.63) is 36.0 Å². The average molecular weight is 327 g/mol. The molecule has 1 atom stereocenters. The second kappa shape index (κ2) is 6.98. The van der Waals surface area contributed by atoms with Crippen LogP contribution in [-0.4, -0.2) is 23.5 Å². The summed E-state index contributed by atoms with van der Waals surface area (Å²) in [6.45, 7) is 5.42. The molecule has 1 heterocycles. The zero-order chi connectivity index (χ0) is 17.2. The average Bonchev–Trinajstić information content (AvgIpc) is 2.97. The SMILES string of the molecule is CC1(C)CCC(CNC(=O)[C@@H](N)Cc2c[nH]c3ccccc23)CC1. The van der Waals surface area contributed by atoms with Crippen molar-refractivity contribution in [2.45, 2.75) is 52.0 Å². The first-order valence-corrected chi connectivity index (χ1v) is 9.03. The monoisotopic (exact) mass is 327 g/mol. The lowest BCUT2D eigenvalue weighted by atomic mass is 9.73. The Morgan fingerprint density at radius 3 is 2.79 bits per heavy atom. The molecule has 0 radical (unpaired) electrons. The topological polar surface area (TPSA) is 70.9 Å². The molecule has 0 saturated heterocycles. The van der Waals surface area contributed by atoms with E-state index >= 15 is 0 Å². The number of para-hydroxylation sites is 1.